The van der Waals surface area contributed by atoms with Crippen LogP contribution in [0.5, 0.6) is 0 Å². The SMILES string of the molecule is CCC[NH+](CC1CC1)[C@H]1CC(=O)N(c2ccc(N3C(=O)C[C@H]([NH+](CCC)CC4CC4)C3=O)cc2)C1=O. The molecule has 8 heteroatoms. The highest BCUT2D eigenvalue weighted by Crippen LogP contribution is 2.30. The molecular weight excluding hydrogens is 456 g/mol. The van der Waals surface area contributed by atoms with Gasteiger partial charge in [0.1, 0.15) is 0 Å². The summed E-state index contributed by atoms with van der Waals surface area (Å²) in [6.07, 6.45) is 7.33. The van der Waals surface area contributed by atoms with Gasteiger partial charge < -0.3 is 9.80 Å². The zero-order valence-electron chi connectivity index (χ0n) is 21.6. The number of hydrogen-bond donors (Lipinski definition) is 2. The Balaban J connectivity index is 1.29. The van der Waals surface area contributed by atoms with Crippen molar-refractivity contribution in [3.8, 4) is 0 Å². The van der Waals surface area contributed by atoms with E-state index in [4.69, 9.17) is 0 Å². The maximum atomic E-state index is 13.3. The molecule has 2 N–H and O–H groups in total. The van der Waals surface area contributed by atoms with Gasteiger partial charge >= 0.3 is 0 Å². The molecule has 1 aromatic rings. The van der Waals surface area contributed by atoms with Crippen molar-refractivity contribution < 1.29 is 29.0 Å². The van der Waals surface area contributed by atoms with Crippen molar-refractivity contribution in [1.82, 2.24) is 0 Å². The standard InChI is InChI=1S/C28H38N4O4/c1-3-13-29(17-19-5-6-19)23-15-25(33)31(27(23)35)21-9-11-22(12-10-21)32-26(34)16-24(28(32)36)30(14-4-2)18-20-7-8-20/h9-12,19-20,23-24H,3-8,13-18H2,1-2H3/p+2/t23-,24-/m0/s1. The molecule has 5 rings (SSSR count). The van der Waals surface area contributed by atoms with Crippen LogP contribution < -0.4 is 19.6 Å². The lowest BCUT2D eigenvalue weighted by atomic mass is 10.1. The summed E-state index contributed by atoms with van der Waals surface area (Å²) >= 11 is 0. The Morgan fingerprint density at radius 2 is 1.03 bits per heavy atom. The van der Waals surface area contributed by atoms with Gasteiger partial charge in [0.2, 0.25) is 11.8 Å². The van der Waals surface area contributed by atoms with Gasteiger partial charge in [0.05, 0.1) is 50.4 Å². The average molecular weight is 497 g/mol. The van der Waals surface area contributed by atoms with E-state index in [1.165, 1.54) is 45.3 Å². The monoisotopic (exact) mass is 496 g/mol. The summed E-state index contributed by atoms with van der Waals surface area (Å²) in [5.74, 6) is 0.750. The van der Waals surface area contributed by atoms with Crippen molar-refractivity contribution in [2.75, 3.05) is 36.0 Å². The number of imide groups is 2. The fraction of sp³-hybridized carbons (Fsp3) is 0.643. The van der Waals surface area contributed by atoms with Crippen molar-refractivity contribution in [3.63, 3.8) is 0 Å². The van der Waals surface area contributed by atoms with Gasteiger partial charge in [-0.3, -0.25) is 19.2 Å². The van der Waals surface area contributed by atoms with Crippen LogP contribution in [0.4, 0.5) is 11.4 Å². The first-order chi connectivity index (χ1) is 17.4. The van der Waals surface area contributed by atoms with Crippen LogP contribution in [-0.2, 0) is 19.2 Å². The lowest BCUT2D eigenvalue weighted by molar-refractivity contribution is -0.916. The first-order valence-electron chi connectivity index (χ1n) is 13.9. The van der Waals surface area contributed by atoms with Gasteiger partial charge in [0.25, 0.3) is 11.8 Å². The molecule has 2 unspecified atom stereocenters. The lowest BCUT2D eigenvalue weighted by Crippen LogP contribution is -3.17. The van der Waals surface area contributed by atoms with Crippen molar-refractivity contribution in [2.45, 2.75) is 77.3 Å². The van der Waals surface area contributed by atoms with Crippen LogP contribution in [0.25, 0.3) is 0 Å². The number of nitrogens with one attached hydrogen (secondary N) is 2. The number of benzene rings is 1. The lowest BCUT2D eigenvalue weighted by Gasteiger charge is -2.24. The summed E-state index contributed by atoms with van der Waals surface area (Å²) < 4.78 is 0. The van der Waals surface area contributed by atoms with E-state index >= 15 is 0 Å². The molecule has 0 radical (unpaired) electrons. The molecule has 194 valence electrons. The minimum absolute atomic E-state index is 0.135. The first kappa shape index (κ1) is 25.1. The van der Waals surface area contributed by atoms with E-state index in [0.29, 0.717) is 23.2 Å². The number of anilines is 2. The average Bonchev–Trinajstić information content (AvgIpc) is 3.78. The van der Waals surface area contributed by atoms with Crippen molar-refractivity contribution in [2.24, 2.45) is 11.8 Å². The van der Waals surface area contributed by atoms with Gasteiger partial charge in [-0.25, -0.2) is 9.80 Å². The van der Waals surface area contributed by atoms with E-state index in [1.807, 2.05) is 0 Å². The van der Waals surface area contributed by atoms with E-state index in [2.05, 4.69) is 13.8 Å². The van der Waals surface area contributed by atoms with Crippen LogP contribution in [-0.4, -0.2) is 61.9 Å². The molecular formula is C28H40N4O4+2. The largest absolute Gasteiger partial charge is 0.324 e. The number of carbonyl (C=O) groups is 4. The Bertz CT molecular complexity index is 936. The van der Waals surface area contributed by atoms with Crippen molar-refractivity contribution >= 4 is 35.0 Å². The topological polar surface area (TPSA) is 83.6 Å². The second kappa shape index (κ2) is 10.4. The molecule has 0 aromatic heterocycles. The van der Waals surface area contributed by atoms with E-state index in [1.54, 1.807) is 24.3 Å². The zero-order chi connectivity index (χ0) is 25.4. The third-order valence-corrected chi connectivity index (χ3v) is 8.28. The normalized spacial score (nSPS) is 26.3. The first-order valence-corrected chi connectivity index (χ1v) is 13.9. The maximum absolute atomic E-state index is 13.3. The fourth-order valence-corrected chi connectivity index (χ4v) is 6.06. The van der Waals surface area contributed by atoms with Gasteiger partial charge in [-0.1, -0.05) is 13.8 Å². The van der Waals surface area contributed by atoms with Gasteiger partial charge in [-0.05, 0) is 62.8 Å². The summed E-state index contributed by atoms with van der Waals surface area (Å²) in [7, 11) is 0. The van der Waals surface area contributed by atoms with Crippen LogP contribution in [0.1, 0.15) is 65.2 Å². The van der Waals surface area contributed by atoms with Crippen LogP contribution in [0.15, 0.2) is 24.3 Å². The summed E-state index contributed by atoms with van der Waals surface area (Å²) in [5.41, 5.74) is 1.03. The zero-order valence-corrected chi connectivity index (χ0v) is 21.6. The molecule has 4 aliphatic rings. The molecule has 0 spiro atoms. The minimum Gasteiger partial charge on any atom is -0.324 e. The molecule has 2 saturated heterocycles. The summed E-state index contributed by atoms with van der Waals surface area (Å²) in [4.78, 5) is 57.5. The Labute approximate surface area is 213 Å². The molecule has 2 aliphatic heterocycles. The molecule has 36 heavy (non-hydrogen) atoms. The van der Waals surface area contributed by atoms with Crippen LogP contribution in [0, 0.1) is 11.8 Å². The van der Waals surface area contributed by atoms with Gasteiger partial charge in [-0.2, -0.15) is 0 Å². The predicted octanol–water partition coefficient (Wildman–Crippen LogP) is 0.360. The van der Waals surface area contributed by atoms with Gasteiger partial charge in [0.15, 0.2) is 12.1 Å². The van der Waals surface area contributed by atoms with Gasteiger partial charge in [0, 0.05) is 11.8 Å². The molecule has 2 heterocycles. The quantitative estimate of drug-likeness (QED) is 0.410. The number of amides is 4. The van der Waals surface area contributed by atoms with E-state index in [9.17, 15) is 19.2 Å². The summed E-state index contributed by atoms with van der Waals surface area (Å²) in [5, 5.41) is 0. The number of rotatable bonds is 12. The summed E-state index contributed by atoms with van der Waals surface area (Å²) in [6.45, 7) is 7.94. The highest BCUT2D eigenvalue weighted by Gasteiger charge is 2.48. The number of carbonyl (C=O) groups excluding carboxylic acids is 4. The Morgan fingerprint density at radius 1 is 0.667 bits per heavy atom. The van der Waals surface area contributed by atoms with E-state index in [0.717, 1.165) is 39.0 Å². The number of nitrogens with zero attached hydrogens (tertiary/aromatic N) is 2. The smallest absolute Gasteiger partial charge is 0.292 e. The maximum Gasteiger partial charge on any atom is 0.292 e. The van der Waals surface area contributed by atoms with Crippen molar-refractivity contribution in [1.29, 1.82) is 0 Å². The molecule has 2 saturated carbocycles. The molecule has 1 aromatic carbocycles. The third kappa shape index (κ3) is 5.11. The highest BCUT2D eigenvalue weighted by molar-refractivity contribution is 6.23. The highest BCUT2D eigenvalue weighted by atomic mass is 16.2. The third-order valence-electron chi connectivity index (χ3n) is 8.28. The Morgan fingerprint density at radius 3 is 1.33 bits per heavy atom. The number of quaternary nitrogens is 2. The van der Waals surface area contributed by atoms with Gasteiger partial charge in [-0.15, -0.1) is 0 Å². The second-order valence-electron chi connectivity index (χ2n) is 11.3. The van der Waals surface area contributed by atoms with Crippen LogP contribution >= 0.6 is 0 Å². The van der Waals surface area contributed by atoms with E-state index in [-0.39, 0.29) is 48.6 Å². The summed E-state index contributed by atoms with van der Waals surface area (Å²) in [6, 6.07) is 6.15. The molecule has 4 atom stereocenters. The molecule has 2 aliphatic carbocycles. The molecule has 4 amide bonds. The minimum atomic E-state index is -0.320. The van der Waals surface area contributed by atoms with Crippen LogP contribution in [0.2, 0.25) is 0 Å². The molecule has 4 fully saturated rings. The molecule has 0 bridgehead atoms. The second-order valence-corrected chi connectivity index (χ2v) is 11.3. The van der Waals surface area contributed by atoms with Crippen LogP contribution in [0.3, 0.4) is 0 Å². The van der Waals surface area contributed by atoms with Crippen molar-refractivity contribution in [3.05, 3.63) is 24.3 Å². The Hall–Kier alpha value is -2.58. The Kier molecular flexibility index (Phi) is 7.26. The molecule has 8 nitrogen and oxygen atoms in total. The van der Waals surface area contributed by atoms with E-state index < -0.39 is 0 Å². The fourth-order valence-electron chi connectivity index (χ4n) is 6.06. The predicted molar refractivity (Wildman–Crippen MR) is 136 cm³/mol. The number of hydrogen-bond acceptors (Lipinski definition) is 4.